The number of terminal acetylenes is 1. The fourth-order valence-corrected chi connectivity index (χ4v) is 2.47. The zero-order valence-electron chi connectivity index (χ0n) is 16.4. The molecule has 0 spiro atoms. The van der Waals surface area contributed by atoms with Crippen molar-refractivity contribution in [1.29, 1.82) is 0 Å². The van der Waals surface area contributed by atoms with Gasteiger partial charge in [-0.15, -0.1) is 30.4 Å². The third-order valence-electron chi connectivity index (χ3n) is 4.18. The van der Waals surface area contributed by atoms with Crippen LogP contribution in [0.15, 0.2) is 23.2 Å². The predicted octanol–water partition coefficient (Wildman–Crippen LogP) is 2.76. The van der Waals surface area contributed by atoms with Crippen LogP contribution in [0.25, 0.3) is 0 Å². The van der Waals surface area contributed by atoms with Gasteiger partial charge >= 0.3 is 0 Å². The molecule has 0 saturated heterocycles. The number of aliphatic imine (C=N–C) groups is 1. The average molecular weight is 487 g/mol. The Morgan fingerprint density at radius 2 is 2.15 bits per heavy atom. The summed E-state index contributed by atoms with van der Waals surface area (Å²) in [7, 11) is 5.39. The molecule has 1 fully saturated rings. The van der Waals surface area contributed by atoms with Crippen LogP contribution in [0, 0.1) is 18.3 Å². The molecule has 0 amide bonds. The monoisotopic (exact) mass is 487 g/mol. The van der Waals surface area contributed by atoms with Gasteiger partial charge in [0, 0.05) is 33.8 Å². The van der Waals surface area contributed by atoms with Gasteiger partial charge in [0.1, 0.15) is 6.61 Å². The van der Waals surface area contributed by atoms with Crippen LogP contribution in [0.2, 0.25) is 0 Å². The largest absolute Gasteiger partial charge is 0.493 e. The summed E-state index contributed by atoms with van der Waals surface area (Å²) in [5, 5.41) is 3.35. The summed E-state index contributed by atoms with van der Waals surface area (Å²) in [4.78, 5) is 6.39. The van der Waals surface area contributed by atoms with Crippen molar-refractivity contribution < 1.29 is 14.2 Å². The molecule has 1 aromatic rings. The standard InChI is InChI=1S/C20H29N3O3.HI/c1-5-11-26-19-13-17(8-9-18(19)24-4)14-22-20(21-2)23(3)10-12-25-15-16-6-7-16;/h1,8-9,13,16H,6-7,10-12,14-15H2,2-4H3,(H,21,22);1H. The van der Waals surface area contributed by atoms with Crippen molar-refractivity contribution in [1.82, 2.24) is 10.2 Å². The lowest BCUT2D eigenvalue weighted by Crippen LogP contribution is -2.40. The average Bonchev–Trinajstić information content (AvgIpc) is 3.48. The molecule has 1 saturated carbocycles. The highest BCUT2D eigenvalue weighted by Gasteiger charge is 2.21. The normalized spacial score (nSPS) is 13.3. The minimum Gasteiger partial charge on any atom is -0.493 e. The molecule has 0 aliphatic heterocycles. The Balaban J connectivity index is 0.00000364. The molecule has 1 aliphatic carbocycles. The zero-order valence-corrected chi connectivity index (χ0v) is 18.7. The molecule has 1 N–H and O–H groups in total. The zero-order chi connectivity index (χ0) is 18.8. The van der Waals surface area contributed by atoms with Gasteiger partial charge in [0.15, 0.2) is 17.5 Å². The van der Waals surface area contributed by atoms with Crippen LogP contribution in [0.5, 0.6) is 11.5 Å². The Hall–Kier alpha value is -1.66. The van der Waals surface area contributed by atoms with E-state index in [-0.39, 0.29) is 30.6 Å². The van der Waals surface area contributed by atoms with Gasteiger partial charge in [0.25, 0.3) is 0 Å². The fourth-order valence-electron chi connectivity index (χ4n) is 2.47. The van der Waals surface area contributed by atoms with Crippen molar-refractivity contribution in [2.24, 2.45) is 10.9 Å². The van der Waals surface area contributed by atoms with E-state index >= 15 is 0 Å². The Morgan fingerprint density at radius 3 is 2.78 bits per heavy atom. The van der Waals surface area contributed by atoms with Crippen LogP contribution in [0.3, 0.4) is 0 Å². The van der Waals surface area contributed by atoms with E-state index in [1.54, 1.807) is 14.2 Å². The van der Waals surface area contributed by atoms with Gasteiger partial charge in [-0.3, -0.25) is 4.99 Å². The first kappa shape index (κ1) is 23.4. The molecule has 1 aliphatic rings. The second-order valence-electron chi connectivity index (χ2n) is 6.32. The van der Waals surface area contributed by atoms with E-state index in [0.29, 0.717) is 24.7 Å². The van der Waals surface area contributed by atoms with E-state index in [4.69, 9.17) is 20.6 Å². The molecule has 150 valence electrons. The molecule has 1 aromatic carbocycles. The number of methoxy groups -OCH3 is 1. The maximum absolute atomic E-state index is 5.69. The van der Waals surface area contributed by atoms with Crippen LogP contribution in [0.1, 0.15) is 18.4 Å². The molecule has 7 heteroatoms. The maximum atomic E-state index is 5.69. The molecule has 0 radical (unpaired) electrons. The molecule has 0 aromatic heterocycles. The van der Waals surface area contributed by atoms with E-state index in [0.717, 1.165) is 30.6 Å². The second kappa shape index (κ2) is 12.7. The minimum atomic E-state index is 0. The number of ether oxygens (including phenoxy) is 3. The molecule has 2 rings (SSSR count). The SMILES string of the molecule is C#CCOc1cc(CNC(=NC)N(C)CCOCC2CC2)ccc1OC.I. The Labute approximate surface area is 179 Å². The van der Waals surface area contributed by atoms with Crippen molar-refractivity contribution >= 4 is 29.9 Å². The highest BCUT2D eigenvalue weighted by molar-refractivity contribution is 14.0. The number of hydrogen-bond acceptors (Lipinski definition) is 4. The van der Waals surface area contributed by atoms with Gasteiger partial charge in [0.2, 0.25) is 0 Å². The Kier molecular flexibility index (Phi) is 11.0. The van der Waals surface area contributed by atoms with Crippen molar-refractivity contribution in [3.05, 3.63) is 23.8 Å². The summed E-state index contributed by atoms with van der Waals surface area (Å²) < 4.78 is 16.5. The molecule has 0 bridgehead atoms. The summed E-state index contributed by atoms with van der Waals surface area (Å²) in [6.07, 6.45) is 7.89. The minimum absolute atomic E-state index is 0. The lowest BCUT2D eigenvalue weighted by molar-refractivity contribution is 0.115. The van der Waals surface area contributed by atoms with E-state index in [1.807, 2.05) is 25.2 Å². The van der Waals surface area contributed by atoms with Gasteiger partial charge in [-0.2, -0.15) is 0 Å². The van der Waals surface area contributed by atoms with Crippen molar-refractivity contribution in [2.75, 3.05) is 47.6 Å². The number of benzene rings is 1. The highest BCUT2D eigenvalue weighted by atomic mass is 127. The predicted molar refractivity (Wildman–Crippen MR) is 119 cm³/mol. The number of halogens is 1. The Bertz CT molecular complexity index is 642. The maximum Gasteiger partial charge on any atom is 0.193 e. The first-order valence-corrected chi connectivity index (χ1v) is 8.90. The number of nitrogens with one attached hydrogen (secondary N) is 1. The Morgan fingerprint density at radius 1 is 1.37 bits per heavy atom. The van der Waals surface area contributed by atoms with Crippen molar-refractivity contribution in [3.8, 4) is 23.8 Å². The first-order chi connectivity index (χ1) is 12.7. The van der Waals surface area contributed by atoms with E-state index in [9.17, 15) is 0 Å². The molecular weight excluding hydrogens is 457 g/mol. The third kappa shape index (κ3) is 8.26. The van der Waals surface area contributed by atoms with Gasteiger partial charge < -0.3 is 24.4 Å². The smallest absolute Gasteiger partial charge is 0.193 e. The number of rotatable bonds is 10. The molecule has 0 unspecified atom stereocenters. The molecule has 0 heterocycles. The van der Waals surface area contributed by atoms with Gasteiger partial charge in [-0.05, 0) is 36.5 Å². The highest BCUT2D eigenvalue weighted by Crippen LogP contribution is 2.29. The van der Waals surface area contributed by atoms with Gasteiger partial charge in [-0.25, -0.2) is 0 Å². The summed E-state index contributed by atoms with van der Waals surface area (Å²) in [5.74, 6) is 5.38. The third-order valence-corrected chi connectivity index (χ3v) is 4.18. The lowest BCUT2D eigenvalue weighted by atomic mass is 10.2. The van der Waals surface area contributed by atoms with Crippen LogP contribution in [-0.4, -0.2) is 58.4 Å². The van der Waals surface area contributed by atoms with Gasteiger partial charge in [-0.1, -0.05) is 12.0 Å². The number of guanidine groups is 1. The van der Waals surface area contributed by atoms with E-state index < -0.39 is 0 Å². The van der Waals surface area contributed by atoms with E-state index in [2.05, 4.69) is 21.1 Å². The first-order valence-electron chi connectivity index (χ1n) is 8.90. The van der Waals surface area contributed by atoms with Crippen molar-refractivity contribution in [3.63, 3.8) is 0 Å². The summed E-state index contributed by atoms with van der Waals surface area (Å²) in [6.45, 7) is 3.22. The quantitative estimate of drug-likeness (QED) is 0.181. The summed E-state index contributed by atoms with van der Waals surface area (Å²) >= 11 is 0. The fraction of sp³-hybridized carbons (Fsp3) is 0.550. The second-order valence-corrected chi connectivity index (χ2v) is 6.32. The lowest BCUT2D eigenvalue weighted by Gasteiger charge is -2.22. The van der Waals surface area contributed by atoms with Crippen LogP contribution < -0.4 is 14.8 Å². The summed E-state index contributed by atoms with van der Waals surface area (Å²) in [6, 6.07) is 5.79. The molecule has 0 atom stereocenters. The van der Waals surface area contributed by atoms with Crippen LogP contribution >= 0.6 is 24.0 Å². The summed E-state index contributed by atoms with van der Waals surface area (Å²) in [5.41, 5.74) is 1.05. The van der Waals surface area contributed by atoms with Crippen molar-refractivity contribution in [2.45, 2.75) is 19.4 Å². The van der Waals surface area contributed by atoms with E-state index in [1.165, 1.54) is 12.8 Å². The number of likely N-dealkylation sites (N-methyl/N-ethyl adjacent to an activating group) is 1. The topological polar surface area (TPSA) is 55.3 Å². The molecular formula is C20H30IN3O3. The van der Waals surface area contributed by atoms with Crippen LogP contribution in [0.4, 0.5) is 0 Å². The molecule has 27 heavy (non-hydrogen) atoms. The molecule has 6 nitrogen and oxygen atoms in total. The number of nitrogens with zero attached hydrogens (tertiary/aromatic N) is 2. The van der Waals surface area contributed by atoms with Crippen LogP contribution in [-0.2, 0) is 11.3 Å². The van der Waals surface area contributed by atoms with Gasteiger partial charge in [0.05, 0.1) is 13.7 Å². The number of hydrogen-bond donors (Lipinski definition) is 1.